The van der Waals surface area contributed by atoms with Crippen molar-refractivity contribution in [3.8, 4) is 0 Å². The lowest BCUT2D eigenvalue weighted by Gasteiger charge is -2.36. The average Bonchev–Trinajstić information content (AvgIpc) is 2.22. The van der Waals surface area contributed by atoms with Gasteiger partial charge in [-0.05, 0) is 39.0 Å². The van der Waals surface area contributed by atoms with Gasteiger partial charge in [-0.2, -0.15) is 11.8 Å². The highest BCUT2D eigenvalue weighted by atomic mass is 32.2. The molecule has 1 heterocycles. The number of thioether (sulfide) groups is 1. The van der Waals surface area contributed by atoms with E-state index in [1.807, 2.05) is 13.2 Å². The number of carbonyl (C=O) groups excluding carboxylic acids is 1. The van der Waals surface area contributed by atoms with E-state index in [0.29, 0.717) is 12.0 Å². The predicted octanol–water partition coefficient (Wildman–Crippen LogP) is 1.24. The van der Waals surface area contributed by atoms with Gasteiger partial charge in [-0.1, -0.05) is 6.92 Å². The van der Waals surface area contributed by atoms with Crippen LogP contribution in [0, 0.1) is 5.92 Å². The summed E-state index contributed by atoms with van der Waals surface area (Å²) in [6.07, 6.45) is 3.11. The summed E-state index contributed by atoms with van der Waals surface area (Å²) >= 11 is 1.59. The molecule has 1 fully saturated rings. The molecule has 0 spiro atoms. The maximum Gasteiger partial charge on any atom is 0.233 e. The first-order valence-corrected chi connectivity index (χ1v) is 6.91. The molecule has 0 radical (unpaired) electrons. The molecule has 1 aliphatic heterocycles. The Labute approximate surface area is 96.8 Å². The topological polar surface area (TPSA) is 41.1 Å². The third-order valence-corrected chi connectivity index (χ3v) is 4.17. The number of rotatable bonds is 3. The van der Waals surface area contributed by atoms with Crippen molar-refractivity contribution >= 4 is 17.7 Å². The first kappa shape index (κ1) is 12.8. The number of hydrogen-bond acceptors (Lipinski definition) is 3. The molecule has 2 N–H and O–H groups in total. The van der Waals surface area contributed by atoms with E-state index < -0.39 is 0 Å². The van der Waals surface area contributed by atoms with E-state index in [0.717, 1.165) is 13.0 Å². The van der Waals surface area contributed by atoms with Crippen molar-refractivity contribution in [2.75, 3.05) is 12.8 Å². The van der Waals surface area contributed by atoms with Gasteiger partial charge in [0.05, 0.1) is 5.25 Å². The maximum absolute atomic E-state index is 11.8. The molecule has 15 heavy (non-hydrogen) atoms. The molecular weight excluding hydrogens is 208 g/mol. The molecule has 1 aliphatic rings. The van der Waals surface area contributed by atoms with E-state index >= 15 is 0 Å². The van der Waals surface area contributed by atoms with Crippen LogP contribution in [0.2, 0.25) is 0 Å². The minimum Gasteiger partial charge on any atom is -0.351 e. The summed E-state index contributed by atoms with van der Waals surface area (Å²) in [6.45, 7) is 7.37. The molecule has 4 unspecified atom stereocenters. The van der Waals surface area contributed by atoms with Crippen LogP contribution in [-0.2, 0) is 4.79 Å². The van der Waals surface area contributed by atoms with Crippen molar-refractivity contribution in [2.24, 2.45) is 5.92 Å². The first-order chi connectivity index (χ1) is 7.06. The smallest absolute Gasteiger partial charge is 0.233 e. The highest BCUT2D eigenvalue weighted by Crippen LogP contribution is 2.17. The van der Waals surface area contributed by atoms with Gasteiger partial charge >= 0.3 is 0 Å². The highest BCUT2D eigenvalue weighted by Gasteiger charge is 2.29. The zero-order valence-corrected chi connectivity index (χ0v) is 10.9. The minimum atomic E-state index is 0.0475. The van der Waals surface area contributed by atoms with Crippen LogP contribution in [-0.4, -0.2) is 36.0 Å². The number of nitrogens with one attached hydrogen (secondary N) is 2. The second-order valence-electron chi connectivity index (χ2n) is 4.42. The zero-order valence-electron chi connectivity index (χ0n) is 10.0. The summed E-state index contributed by atoms with van der Waals surface area (Å²) in [7, 11) is 0. The van der Waals surface area contributed by atoms with E-state index in [4.69, 9.17) is 0 Å². The molecule has 0 saturated carbocycles. The van der Waals surface area contributed by atoms with Gasteiger partial charge in [0.25, 0.3) is 0 Å². The van der Waals surface area contributed by atoms with Gasteiger partial charge in [0.1, 0.15) is 0 Å². The van der Waals surface area contributed by atoms with Crippen molar-refractivity contribution < 1.29 is 4.79 Å². The monoisotopic (exact) mass is 230 g/mol. The number of carbonyl (C=O) groups is 1. The van der Waals surface area contributed by atoms with Gasteiger partial charge in [0.2, 0.25) is 5.91 Å². The molecule has 1 rings (SSSR count). The van der Waals surface area contributed by atoms with Gasteiger partial charge in [-0.3, -0.25) is 4.79 Å². The molecule has 1 amide bonds. The van der Waals surface area contributed by atoms with Crippen LogP contribution in [0.3, 0.4) is 0 Å². The Bertz CT molecular complexity index is 213. The summed E-state index contributed by atoms with van der Waals surface area (Å²) in [4.78, 5) is 11.8. The molecule has 0 aromatic heterocycles. The first-order valence-electron chi connectivity index (χ1n) is 5.62. The Kier molecular flexibility index (Phi) is 4.93. The van der Waals surface area contributed by atoms with E-state index in [-0.39, 0.29) is 17.2 Å². The minimum absolute atomic E-state index is 0.0475. The lowest BCUT2D eigenvalue weighted by Crippen LogP contribution is -2.57. The number of piperidine rings is 1. The van der Waals surface area contributed by atoms with Crippen LogP contribution in [0.25, 0.3) is 0 Å². The molecular formula is C11H22N2OS. The van der Waals surface area contributed by atoms with Crippen LogP contribution >= 0.6 is 11.8 Å². The van der Waals surface area contributed by atoms with Crippen molar-refractivity contribution in [1.29, 1.82) is 0 Å². The molecule has 88 valence electrons. The molecule has 0 bridgehead atoms. The lowest BCUT2D eigenvalue weighted by molar-refractivity contribution is -0.121. The Morgan fingerprint density at radius 2 is 2.20 bits per heavy atom. The van der Waals surface area contributed by atoms with E-state index in [2.05, 4.69) is 24.5 Å². The van der Waals surface area contributed by atoms with Gasteiger partial charge in [-0.15, -0.1) is 0 Å². The quantitative estimate of drug-likeness (QED) is 0.766. The van der Waals surface area contributed by atoms with Gasteiger partial charge in [0.15, 0.2) is 0 Å². The summed E-state index contributed by atoms with van der Waals surface area (Å²) < 4.78 is 0. The van der Waals surface area contributed by atoms with Crippen LogP contribution in [0.4, 0.5) is 0 Å². The second kappa shape index (κ2) is 5.75. The van der Waals surface area contributed by atoms with Crippen molar-refractivity contribution in [2.45, 2.75) is 44.5 Å². The maximum atomic E-state index is 11.8. The van der Waals surface area contributed by atoms with Crippen LogP contribution in [0.15, 0.2) is 0 Å². The third kappa shape index (κ3) is 3.38. The van der Waals surface area contributed by atoms with Crippen LogP contribution in [0.5, 0.6) is 0 Å². The summed E-state index contributed by atoms with van der Waals surface area (Å²) in [5.41, 5.74) is 0. The third-order valence-electron chi connectivity index (χ3n) is 3.25. The Hall–Kier alpha value is -0.220. The van der Waals surface area contributed by atoms with Gasteiger partial charge in [-0.25, -0.2) is 0 Å². The van der Waals surface area contributed by atoms with E-state index in [1.54, 1.807) is 11.8 Å². The fourth-order valence-corrected chi connectivity index (χ4v) is 2.28. The molecule has 0 aliphatic carbocycles. The van der Waals surface area contributed by atoms with Gasteiger partial charge in [0, 0.05) is 12.1 Å². The average molecular weight is 230 g/mol. The summed E-state index contributed by atoms with van der Waals surface area (Å²) in [6, 6.07) is 0.660. The lowest BCUT2D eigenvalue weighted by atomic mass is 9.89. The largest absolute Gasteiger partial charge is 0.351 e. The predicted molar refractivity (Wildman–Crippen MR) is 66.2 cm³/mol. The molecule has 4 heteroatoms. The van der Waals surface area contributed by atoms with Crippen molar-refractivity contribution in [3.05, 3.63) is 0 Å². The second-order valence-corrected chi connectivity index (χ2v) is 5.60. The molecule has 4 atom stereocenters. The number of amides is 1. The number of hydrogen-bond donors (Lipinski definition) is 2. The van der Waals surface area contributed by atoms with Crippen LogP contribution < -0.4 is 10.6 Å². The normalized spacial score (nSPS) is 33.5. The van der Waals surface area contributed by atoms with Crippen LogP contribution in [0.1, 0.15) is 27.2 Å². The SMILES string of the molecule is CSC(C)C(=O)NC1C(C)CCNC1C. The highest BCUT2D eigenvalue weighted by molar-refractivity contribution is 7.99. The Morgan fingerprint density at radius 1 is 1.53 bits per heavy atom. The van der Waals surface area contributed by atoms with E-state index in [1.165, 1.54) is 0 Å². The fourth-order valence-electron chi connectivity index (χ4n) is 1.99. The standard InChI is InChI=1S/C11H22N2OS/c1-7-5-6-12-8(2)10(7)13-11(14)9(3)15-4/h7-10,12H,5-6H2,1-4H3,(H,13,14). The Morgan fingerprint density at radius 3 is 2.73 bits per heavy atom. The molecule has 0 aromatic rings. The molecule has 0 aromatic carbocycles. The van der Waals surface area contributed by atoms with E-state index in [9.17, 15) is 4.79 Å². The summed E-state index contributed by atoms with van der Waals surface area (Å²) in [5, 5.41) is 6.60. The molecule has 1 saturated heterocycles. The molecule has 3 nitrogen and oxygen atoms in total. The summed E-state index contributed by atoms with van der Waals surface area (Å²) in [5.74, 6) is 0.731. The van der Waals surface area contributed by atoms with Gasteiger partial charge < -0.3 is 10.6 Å². The van der Waals surface area contributed by atoms with Crippen molar-refractivity contribution in [3.63, 3.8) is 0 Å². The fraction of sp³-hybridized carbons (Fsp3) is 0.909. The zero-order chi connectivity index (χ0) is 11.4. The Balaban J connectivity index is 2.51. The van der Waals surface area contributed by atoms with Crippen molar-refractivity contribution in [1.82, 2.24) is 10.6 Å².